The Bertz CT molecular complexity index is 121. The lowest BCUT2D eigenvalue weighted by atomic mass is 9.93. The van der Waals surface area contributed by atoms with E-state index in [1.165, 1.54) is 17.9 Å². The van der Waals surface area contributed by atoms with Crippen molar-refractivity contribution in [3.05, 3.63) is 0 Å². The van der Waals surface area contributed by atoms with Gasteiger partial charge in [0.2, 0.25) is 0 Å². The molecule has 0 radical (unpaired) electrons. The summed E-state index contributed by atoms with van der Waals surface area (Å²) in [5.74, 6) is 8.59. The molecule has 0 aromatic heterocycles. The Balaban J connectivity index is 2.28. The molecule has 1 fully saturated rings. The first kappa shape index (κ1) is 9.36. The van der Waals surface area contributed by atoms with Gasteiger partial charge < -0.3 is 0 Å². The zero-order chi connectivity index (χ0) is 8.32. The molecule has 0 aromatic carbocycles. The standard InChI is InChI=1S/C8H17NOS/c1-8(2,10-9)5-7-3-4-11-6-7/h7H,3-6,9H2,1-2H3. The highest BCUT2D eigenvalue weighted by Crippen LogP contribution is 2.30. The minimum absolute atomic E-state index is 0.129. The summed E-state index contributed by atoms with van der Waals surface area (Å²) in [5, 5.41) is 0. The van der Waals surface area contributed by atoms with Gasteiger partial charge in [0, 0.05) is 0 Å². The van der Waals surface area contributed by atoms with E-state index in [9.17, 15) is 0 Å². The Morgan fingerprint density at radius 3 is 2.82 bits per heavy atom. The lowest BCUT2D eigenvalue weighted by Gasteiger charge is -2.24. The minimum Gasteiger partial charge on any atom is -0.299 e. The molecule has 11 heavy (non-hydrogen) atoms. The highest BCUT2D eigenvalue weighted by Gasteiger charge is 2.25. The minimum atomic E-state index is -0.129. The molecule has 1 unspecified atom stereocenters. The molecule has 0 amide bonds. The van der Waals surface area contributed by atoms with Crippen molar-refractivity contribution in [2.24, 2.45) is 11.8 Å². The van der Waals surface area contributed by atoms with Crippen LogP contribution in [0.25, 0.3) is 0 Å². The summed E-state index contributed by atoms with van der Waals surface area (Å²) in [6.45, 7) is 4.10. The van der Waals surface area contributed by atoms with Gasteiger partial charge in [-0.05, 0) is 44.1 Å². The van der Waals surface area contributed by atoms with Crippen LogP contribution in [-0.4, -0.2) is 17.1 Å². The van der Waals surface area contributed by atoms with Crippen molar-refractivity contribution in [1.82, 2.24) is 0 Å². The van der Waals surface area contributed by atoms with E-state index >= 15 is 0 Å². The van der Waals surface area contributed by atoms with Gasteiger partial charge in [-0.2, -0.15) is 11.8 Å². The van der Waals surface area contributed by atoms with Crippen LogP contribution in [0.1, 0.15) is 26.7 Å². The Morgan fingerprint density at radius 1 is 1.64 bits per heavy atom. The van der Waals surface area contributed by atoms with Crippen molar-refractivity contribution in [2.75, 3.05) is 11.5 Å². The first-order valence-corrected chi connectivity index (χ1v) is 5.25. The van der Waals surface area contributed by atoms with E-state index in [1.54, 1.807) is 0 Å². The van der Waals surface area contributed by atoms with E-state index in [4.69, 9.17) is 10.7 Å². The molecular formula is C8H17NOS. The topological polar surface area (TPSA) is 35.2 Å². The number of nitrogens with two attached hydrogens (primary N) is 1. The quantitative estimate of drug-likeness (QED) is 0.664. The molecule has 1 atom stereocenters. The maximum Gasteiger partial charge on any atom is 0.0840 e. The van der Waals surface area contributed by atoms with Gasteiger partial charge in [0.15, 0.2) is 0 Å². The second-order valence-electron chi connectivity index (χ2n) is 3.81. The number of thioether (sulfide) groups is 1. The molecule has 2 nitrogen and oxygen atoms in total. The summed E-state index contributed by atoms with van der Waals surface area (Å²) in [6.07, 6.45) is 2.42. The third-order valence-corrected chi connectivity index (χ3v) is 3.35. The predicted octanol–water partition coefficient (Wildman–Crippen LogP) is 1.80. The van der Waals surface area contributed by atoms with Crippen LogP contribution in [-0.2, 0) is 4.84 Å². The van der Waals surface area contributed by atoms with Crippen LogP contribution in [0.4, 0.5) is 0 Å². The molecule has 0 aromatic rings. The van der Waals surface area contributed by atoms with E-state index in [-0.39, 0.29) is 5.60 Å². The van der Waals surface area contributed by atoms with Crippen molar-refractivity contribution in [3.63, 3.8) is 0 Å². The predicted molar refractivity (Wildman–Crippen MR) is 49.4 cm³/mol. The second-order valence-corrected chi connectivity index (χ2v) is 4.96. The van der Waals surface area contributed by atoms with Crippen LogP contribution in [0.15, 0.2) is 0 Å². The van der Waals surface area contributed by atoms with Crippen LogP contribution in [0.5, 0.6) is 0 Å². The maximum atomic E-state index is 5.18. The Morgan fingerprint density at radius 2 is 2.36 bits per heavy atom. The molecule has 0 spiro atoms. The fourth-order valence-electron chi connectivity index (χ4n) is 1.49. The van der Waals surface area contributed by atoms with E-state index in [2.05, 4.69) is 13.8 Å². The Hall–Kier alpha value is 0.270. The van der Waals surface area contributed by atoms with E-state index < -0.39 is 0 Å². The van der Waals surface area contributed by atoms with Crippen LogP contribution < -0.4 is 5.90 Å². The van der Waals surface area contributed by atoms with Crippen molar-refractivity contribution in [1.29, 1.82) is 0 Å². The van der Waals surface area contributed by atoms with Gasteiger partial charge in [0.25, 0.3) is 0 Å². The molecule has 1 rings (SSSR count). The highest BCUT2D eigenvalue weighted by atomic mass is 32.2. The van der Waals surface area contributed by atoms with Gasteiger partial charge in [-0.1, -0.05) is 0 Å². The highest BCUT2D eigenvalue weighted by molar-refractivity contribution is 7.99. The molecule has 1 aliphatic rings. The molecule has 2 N–H and O–H groups in total. The number of hydrogen-bond donors (Lipinski definition) is 1. The largest absolute Gasteiger partial charge is 0.299 e. The Labute approximate surface area is 72.8 Å². The van der Waals surface area contributed by atoms with Crippen LogP contribution in [0, 0.1) is 5.92 Å². The monoisotopic (exact) mass is 175 g/mol. The van der Waals surface area contributed by atoms with E-state index in [1.807, 2.05) is 11.8 Å². The molecule has 1 heterocycles. The molecular weight excluding hydrogens is 158 g/mol. The van der Waals surface area contributed by atoms with Crippen LogP contribution in [0.3, 0.4) is 0 Å². The third kappa shape index (κ3) is 3.01. The number of rotatable bonds is 3. The fraction of sp³-hybridized carbons (Fsp3) is 1.00. The normalized spacial score (nSPS) is 25.9. The molecule has 1 saturated heterocycles. The first-order valence-electron chi connectivity index (χ1n) is 4.10. The summed E-state index contributed by atoms with van der Waals surface area (Å²) in [4.78, 5) is 4.89. The van der Waals surface area contributed by atoms with Crippen molar-refractivity contribution in [2.45, 2.75) is 32.3 Å². The maximum absolute atomic E-state index is 5.18. The second kappa shape index (κ2) is 3.78. The molecule has 1 aliphatic heterocycles. The van der Waals surface area contributed by atoms with Crippen LogP contribution in [0.2, 0.25) is 0 Å². The van der Waals surface area contributed by atoms with Gasteiger partial charge >= 0.3 is 0 Å². The average Bonchev–Trinajstić information content (AvgIpc) is 2.39. The smallest absolute Gasteiger partial charge is 0.0840 e. The van der Waals surface area contributed by atoms with E-state index in [0.717, 1.165) is 12.3 Å². The molecule has 0 aliphatic carbocycles. The lowest BCUT2D eigenvalue weighted by molar-refractivity contribution is -0.0341. The molecule has 66 valence electrons. The summed E-state index contributed by atoms with van der Waals surface area (Å²) < 4.78 is 0. The zero-order valence-electron chi connectivity index (χ0n) is 7.30. The molecule has 0 bridgehead atoms. The van der Waals surface area contributed by atoms with E-state index in [0.29, 0.717) is 0 Å². The fourth-order valence-corrected chi connectivity index (χ4v) is 2.77. The summed E-state index contributed by atoms with van der Waals surface area (Å²) in [6, 6.07) is 0. The average molecular weight is 175 g/mol. The zero-order valence-corrected chi connectivity index (χ0v) is 8.12. The van der Waals surface area contributed by atoms with Crippen LogP contribution >= 0.6 is 11.8 Å². The van der Waals surface area contributed by atoms with Crippen molar-refractivity contribution < 1.29 is 4.84 Å². The van der Waals surface area contributed by atoms with Gasteiger partial charge in [-0.15, -0.1) is 0 Å². The lowest BCUT2D eigenvalue weighted by Crippen LogP contribution is -2.30. The Kier molecular flexibility index (Phi) is 3.22. The van der Waals surface area contributed by atoms with Gasteiger partial charge in [-0.25, -0.2) is 5.90 Å². The molecule has 0 saturated carbocycles. The molecule has 3 heteroatoms. The number of hydrogen-bond acceptors (Lipinski definition) is 3. The van der Waals surface area contributed by atoms with Gasteiger partial charge in [0.05, 0.1) is 5.60 Å². The van der Waals surface area contributed by atoms with Gasteiger partial charge in [-0.3, -0.25) is 4.84 Å². The van der Waals surface area contributed by atoms with Crippen molar-refractivity contribution >= 4 is 11.8 Å². The first-order chi connectivity index (χ1) is 5.14. The summed E-state index contributed by atoms with van der Waals surface area (Å²) >= 11 is 2.04. The van der Waals surface area contributed by atoms with Gasteiger partial charge in [0.1, 0.15) is 0 Å². The third-order valence-electron chi connectivity index (χ3n) is 2.12. The summed E-state index contributed by atoms with van der Waals surface area (Å²) in [7, 11) is 0. The van der Waals surface area contributed by atoms with Crippen molar-refractivity contribution in [3.8, 4) is 0 Å². The SMILES string of the molecule is CC(C)(CC1CCSC1)ON. The summed E-state index contributed by atoms with van der Waals surface area (Å²) in [5.41, 5.74) is -0.129.